The second kappa shape index (κ2) is 13.1. The summed E-state index contributed by atoms with van der Waals surface area (Å²) < 4.78 is 2.55. The first-order valence-corrected chi connectivity index (χ1v) is 19.8. The lowest BCUT2D eigenvalue weighted by atomic mass is 9.67. The third-order valence-electron chi connectivity index (χ3n) is 11.2. The third-order valence-corrected chi connectivity index (χ3v) is 12.3. The SMILES string of the molecule is c1ccc(-c2nc(-c3ccccc3)nc(-c3cccc(-c4ccc5c(c4)sc4cc(C6(c7ccccc7)c7ccccc7-c7ccccc76)ccc45)c3)n2)cc1. The van der Waals surface area contributed by atoms with E-state index in [0.29, 0.717) is 17.5 Å². The van der Waals surface area contributed by atoms with Gasteiger partial charge in [-0.2, -0.15) is 0 Å². The Hall–Kier alpha value is -7.01. The molecule has 1 aliphatic rings. The molecule has 11 rings (SSSR count). The van der Waals surface area contributed by atoms with Crippen molar-refractivity contribution in [2.24, 2.45) is 0 Å². The van der Waals surface area contributed by atoms with Gasteiger partial charge in [0.05, 0.1) is 5.41 Å². The van der Waals surface area contributed by atoms with Crippen LogP contribution in [0.5, 0.6) is 0 Å². The van der Waals surface area contributed by atoms with Gasteiger partial charge in [0.15, 0.2) is 17.5 Å². The second-order valence-electron chi connectivity index (χ2n) is 14.4. The topological polar surface area (TPSA) is 38.7 Å². The average molecular weight is 732 g/mol. The molecule has 8 aromatic carbocycles. The van der Waals surface area contributed by atoms with Crippen molar-refractivity contribution in [1.82, 2.24) is 15.0 Å². The molecule has 4 heteroatoms. The van der Waals surface area contributed by atoms with Crippen molar-refractivity contribution >= 4 is 31.5 Å². The minimum Gasteiger partial charge on any atom is -0.208 e. The summed E-state index contributed by atoms with van der Waals surface area (Å²) in [6.07, 6.45) is 0. The highest BCUT2D eigenvalue weighted by Gasteiger charge is 2.45. The smallest absolute Gasteiger partial charge is 0.164 e. The van der Waals surface area contributed by atoms with E-state index in [-0.39, 0.29) is 0 Å². The van der Waals surface area contributed by atoms with Crippen LogP contribution in [0.1, 0.15) is 22.3 Å². The molecule has 10 aromatic rings. The standard InChI is InChI=1S/C52H33N3S/c1-4-15-34(16-5-1)49-53-50(35-17-6-2-7-18-35)55-51(54-49)38-20-14-19-36(31-38)37-27-29-43-44-30-28-40(33-48(44)56-47(43)32-37)52(39-21-8-3-9-22-39)45-25-12-10-23-41(45)42-24-11-13-26-46(42)52/h1-33H. The minimum absolute atomic E-state index is 0.416. The Morgan fingerprint density at radius 2 is 0.786 bits per heavy atom. The van der Waals surface area contributed by atoms with Gasteiger partial charge < -0.3 is 0 Å². The fraction of sp³-hybridized carbons (Fsp3) is 0.0192. The number of fused-ring (bicyclic) bond motifs is 6. The van der Waals surface area contributed by atoms with Gasteiger partial charge in [0.2, 0.25) is 0 Å². The molecule has 0 N–H and O–H groups in total. The first-order valence-electron chi connectivity index (χ1n) is 18.9. The molecular formula is C52H33N3S. The quantitative estimate of drug-likeness (QED) is 0.171. The van der Waals surface area contributed by atoms with Gasteiger partial charge in [0.25, 0.3) is 0 Å². The summed E-state index contributed by atoms with van der Waals surface area (Å²) in [7, 11) is 0. The average Bonchev–Trinajstić information content (AvgIpc) is 3.80. The maximum Gasteiger partial charge on any atom is 0.164 e. The van der Waals surface area contributed by atoms with Crippen molar-refractivity contribution in [2.75, 3.05) is 0 Å². The van der Waals surface area contributed by atoms with Gasteiger partial charge in [-0.15, -0.1) is 11.3 Å². The van der Waals surface area contributed by atoms with E-state index in [0.717, 1.165) is 27.8 Å². The van der Waals surface area contributed by atoms with E-state index < -0.39 is 5.41 Å². The zero-order valence-corrected chi connectivity index (χ0v) is 31.1. The van der Waals surface area contributed by atoms with Crippen molar-refractivity contribution in [1.29, 1.82) is 0 Å². The van der Waals surface area contributed by atoms with Gasteiger partial charge in [-0.3, -0.25) is 0 Å². The molecule has 0 bridgehead atoms. The number of nitrogens with zero attached hydrogens (tertiary/aromatic N) is 3. The molecule has 0 aliphatic heterocycles. The van der Waals surface area contributed by atoms with Crippen LogP contribution in [-0.2, 0) is 5.41 Å². The summed E-state index contributed by atoms with van der Waals surface area (Å²) >= 11 is 1.87. The summed E-state index contributed by atoms with van der Waals surface area (Å²) in [5, 5.41) is 2.55. The van der Waals surface area contributed by atoms with E-state index in [1.165, 1.54) is 53.6 Å². The molecule has 0 radical (unpaired) electrons. The fourth-order valence-corrected chi connectivity index (χ4v) is 9.86. The summed E-state index contributed by atoms with van der Waals surface area (Å²) in [4.78, 5) is 14.9. The number of rotatable bonds is 6. The predicted molar refractivity (Wildman–Crippen MR) is 232 cm³/mol. The van der Waals surface area contributed by atoms with Crippen molar-refractivity contribution in [3.63, 3.8) is 0 Å². The first kappa shape index (κ1) is 32.4. The molecule has 1 aliphatic carbocycles. The number of hydrogen-bond donors (Lipinski definition) is 0. The van der Waals surface area contributed by atoms with Crippen LogP contribution in [0.2, 0.25) is 0 Å². The van der Waals surface area contributed by atoms with Crippen LogP contribution in [0.3, 0.4) is 0 Å². The van der Waals surface area contributed by atoms with E-state index in [1.807, 2.05) is 72.0 Å². The molecule has 0 amide bonds. The normalized spacial score (nSPS) is 12.8. The molecular weight excluding hydrogens is 699 g/mol. The molecule has 0 unspecified atom stereocenters. The van der Waals surface area contributed by atoms with Crippen LogP contribution in [0, 0.1) is 0 Å². The lowest BCUT2D eigenvalue weighted by Gasteiger charge is -2.33. The lowest BCUT2D eigenvalue weighted by Crippen LogP contribution is -2.28. The second-order valence-corrected chi connectivity index (χ2v) is 15.4. The van der Waals surface area contributed by atoms with Crippen LogP contribution in [0.25, 0.3) is 76.6 Å². The number of aromatic nitrogens is 3. The third kappa shape index (κ3) is 5.14. The largest absolute Gasteiger partial charge is 0.208 e. The zero-order valence-electron chi connectivity index (χ0n) is 30.3. The fourth-order valence-electron chi connectivity index (χ4n) is 8.68. The Bertz CT molecular complexity index is 2980. The van der Waals surface area contributed by atoms with Crippen molar-refractivity contribution < 1.29 is 0 Å². The number of thiophene rings is 1. The monoisotopic (exact) mass is 731 g/mol. The Balaban J connectivity index is 1.02. The van der Waals surface area contributed by atoms with E-state index in [9.17, 15) is 0 Å². The van der Waals surface area contributed by atoms with E-state index >= 15 is 0 Å². The van der Waals surface area contributed by atoms with Crippen LogP contribution in [-0.4, -0.2) is 15.0 Å². The summed E-state index contributed by atoms with van der Waals surface area (Å²) in [5.74, 6) is 1.96. The Morgan fingerprint density at radius 3 is 1.41 bits per heavy atom. The van der Waals surface area contributed by atoms with Gasteiger partial charge in [-0.25, -0.2) is 15.0 Å². The van der Waals surface area contributed by atoms with E-state index in [1.54, 1.807) is 0 Å². The first-order chi connectivity index (χ1) is 27.7. The number of hydrogen-bond acceptors (Lipinski definition) is 4. The highest BCUT2D eigenvalue weighted by molar-refractivity contribution is 7.25. The number of benzene rings is 8. The van der Waals surface area contributed by atoms with Crippen LogP contribution >= 0.6 is 11.3 Å². The van der Waals surface area contributed by atoms with E-state index in [4.69, 9.17) is 15.0 Å². The molecule has 56 heavy (non-hydrogen) atoms. The molecule has 2 aromatic heterocycles. The summed E-state index contributed by atoms with van der Waals surface area (Å²) in [5.41, 5.74) is 12.6. The molecule has 262 valence electrons. The Morgan fingerprint density at radius 1 is 0.321 bits per heavy atom. The Labute approximate surface area is 329 Å². The summed E-state index contributed by atoms with van der Waals surface area (Å²) in [6.45, 7) is 0. The van der Waals surface area contributed by atoms with Gasteiger partial charge in [0, 0.05) is 36.9 Å². The van der Waals surface area contributed by atoms with Crippen LogP contribution in [0.15, 0.2) is 200 Å². The summed E-state index contributed by atoms with van der Waals surface area (Å²) in [6, 6.07) is 71.7. The van der Waals surface area contributed by atoms with Crippen LogP contribution < -0.4 is 0 Å². The van der Waals surface area contributed by atoms with Gasteiger partial charge in [0.1, 0.15) is 0 Å². The van der Waals surface area contributed by atoms with E-state index in [2.05, 4.69) is 140 Å². The minimum atomic E-state index is -0.416. The molecule has 3 nitrogen and oxygen atoms in total. The molecule has 0 spiro atoms. The Kier molecular flexibility index (Phi) is 7.58. The predicted octanol–water partition coefficient (Wildman–Crippen LogP) is 13.3. The zero-order chi connectivity index (χ0) is 37.1. The van der Waals surface area contributed by atoms with Gasteiger partial charge in [-0.1, -0.05) is 182 Å². The molecule has 0 saturated heterocycles. The maximum atomic E-state index is 4.99. The van der Waals surface area contributed by atoms with Crippen molar-refractivity contribution in [2.45, 2.75) is 5.41 Å². The van der Waals surface area contributed by atoms with Gasteiger partial charge >= 0.3 is 0 Å². The molecule has 0 atom stereocenters. The molecule has 0 fully saturated rings. The van der Waals surface area contributed by atoms with Crippen LogP contribution in [0.4, 0.5) is 0 Å². The lowest BCUT2D eigenvalue weighted by molar-refractivity contribution is 0.770. The highest BCUT2D eigenvalue weighted by atomic mass is 32.1. The van der Waals surface area contributed by atoms with Crippen molar-refractivity contribution in [3.8, 4) is 56.4 Å². The highest BCUT2D eigenvalue weighted by Crippen LogP contribution is 2.56. The maximum absolute atomic E-state index is 4.99. The molecule has 0 saturated carbocycles. The molecule has 2 heterocycles. The van der Waals surface area contributed by atoms with Crippen molar-refractivity contribution in [3.05, 3.63) is 222 Å². The van der Waals surface area contributed by atoms with Gasteiger partial charge in [-0.05, 0) is 62.7 Å².